The summed E-state index contributed by atoms with van der Waals surface area (Å²) < 4.78 is 21.7. The summed E-state index contributed by atoms with van der Waals surface area (Å²) in [5.41, 5.74) is 5.21. The standard InChI is InChI=1S/C6H8N2O3S2/c1-3-4(6(7)9)2-5(12-3)13(8,10)11/h2H,1H3,(H2,7,9)(H2,8,10,11). The van der Waals surface area contributed by atoms with Crippen molar-refractivity contribution in [3.8, 4) is 0 Å². The lowest BCUT2D eigenvalue weighted by atomic mass is 10.3. The van der Waals surface area contributed by atoms with Crippen molar-refractivity contribution in [1.29, 1.82) is 0 Å². The van der Waals surface area contributed by atoms with Crippen LogP contribution in [0.25, 0.3) is 0 Å². The molecule has 1 aromatic rings. The van der Waals surface area contributed by atoms with Crippen LogP contribution in [-0.4, -0.2) is 14.3 Å². The second-order valence-electron chi connectivity index (χ2n) is 2.44. The van der Waals surface area contributed by atoms with Crippen LogP contribution in [0.2, 0.25) is 0 Å². The van der Waals surface area contributed by atoms with Gasteiger partial charge in [-0.2, -0.15) is 0 Å². The number of primary sulfonamides is 1. The van der Waals surface area contributed by atoms with Crippen LogP contribution >= 0.6 is 11.3 Å². The van der Waals surface area contributed by atoms with Crippen molar-refractivity contribution in [3.05, 3.63) is 16.5 Å². The largest absolute Gasteiger partial charge is 0.366 e. The number of hydrogen-bond acceptors (Lipinski definition) is 4. The Hall–Kier alpha value is -0.920. The van der Waals surface area contributed by atoms with Crippen molar-refractivity contribution in [2.75, 3.05) is 0 Å². The minimum absolute atomic E-state index is 0.0428. The molecule has 1 aromatic heterocycles. The molecule has 0 aromatic carbocycles. The zero-order chi connectivity index (χ0) is 10.2. The Kier molecular flexibility index (Phi) is 2.42. The van der Waals surface area contributed by atoms with Gasteiger partial charge in [0.1, 0.15) is 4.21 Å². The molecule has 0 fully saturated rings. The predicted molar refractivity (Wildman–Crippen MR) is 48.9 cm³/mol. The van der Waals surface area contributed by atoms with Crippen molar-refractivity contribution in [1.82, 2.24) is 0 Å². The van der Waals surface area contributed by atoms with Crippen molar-refractivity contribution in [2.45, 2.75) is 11.1 Å². The molecule has 0 atom stereocenters. The van der Waals surface area contributed by atoms with E-state index < -0.39 is 15.9 Å². The first-order chi connectivity index (χ1) is 5.82. The van der Waals surface area contributed by atoms with Gasteiger partial charge < -0.3 is 5.73 Å². The van der Waals surface area contributed by atoms with Gasteiger partial charge in [0, 0.05) is 4.88 Å². The van der Waals surface area contributed by atoms with E-state index in [1.54, 1.807) is 6.92 Å². The van der Waals surface area contributed by atoms with E-state index in [1.165, 1.54) is 6.07 Å². The molecular formula is C6H8N2O3S2. The molecular weight excluding hydrogens is 212 g/mol. The van der Waals surface area contributed by atoms with Gasteiger partial charge in [-0.3, -0.25) is 4.79 Å². The summed E-state index contributed by atoms with van der Waals surface area (Å²) >= 11 is 0.936. The fraction of sp³-hybridized carbons (Fsp3) is 0.167. The zero-order valence-corrected chi connectivity index (χ0v) is 8.41. The third-order valence-corrected chi connectivity index (χ3v) is 3.91. The lowest BCUT2D eigenvalue weighted by molar-refractivity contribution is 0.1000. The first-order valence-electron chi connectivity index (χ1n) is 3.25. The maximum Gasteiger partial charge on any atom is 0.249 e. The van der Waals surface area contributed by atoms with Crippen LogP contribution in [-0.2, 0) is 10.0 Å². The predicted octanol–water partition coefficient (Wildman–Crippen LogP) is -0.197. The smallest absolute Gasteiger partial charge is 0.249 e. The van der Waals surface area contributed by atoms with Crippen molar-refractivity contribution in [3.63, 3.8) is 0 Å². The lowest BCUT2D eigenvalue weighted by Gasteiger charge is -1.88. The van der Waals surface area contributed by atoms with Gasteiger partial charge in [-0.05, 0) is 13.0 Å². The van der Waals surface area contributed by atoms with Gasteiger partial charge in [0.05, 0.1) is 5.56 Å². The number of primary amides is 1. The van der Waals surface area contributed by atoms with Gasteiger partial charge in [0.2, 0.25) is 15.9 Å². The van der Waals surface area contributed by atoms with Crippen LogP contribution in [0.3, 0.4) is 0 Å². The molecule has 0 saturated heterocycles. The summed E-state index contributed by atoms with van der Waals surface area (Å²) in [5, 5.41) is 4.87. The van der Waals surface area contributed by atoms with Crippen LogP contribution < -0.4 is 10.9 Å². The Morgan fingerprint density at radius 3 is 2.31 bits per heavy atom. The molecule has 13 heavy (non-hydrogen) atoms. The minimum Gasteiger partial charge on any atom is -0.366 e. The molecule has 72 valence electrons. The third kappa shape index (κ3) is 2.06. The van der Waals surface area contributed by atoms with Crippen LogP contribution in [0.5, 0.6) is 0 Å². The molecule has 0 aliphatic rings. The first kappa shape index (κ1) is 10.2. The second kappa shape index (κ2) is 3.09. The number of sulfonamides is 1. The summed E-state index contributed by atoms with van der Waals surface area (Å²) in [6, 6.07) is 1.19. The van der Waals surface area contributed by atoms with E-state index in [4.69, 9.17) is 10.9 Å². The molecule has 0 radical (unpaired) electrons. The molecule has 1 rings (SSSR count). The van der Waals surface area contributed by atoms with Crippen LogP contribution in [0.15, 0.2) is 10.3 Å². The first-order valence-corrected chi connectivity index (χ1v) is 5.61. The van der Waals surface area contributed by atoms with Gasteiger partial charge in [-0.15, -0.1) is 11.3 Å². The molecule has 0 bridgehead atoms. The van der Waals surface area contributed by atoms with E-state index in [9.17, 15) is 13.2 Å². The monoisotopic (exact) mass is 220 g/mol. The molecule has 5 nitrogen and oxygen atoms in total. The van der Waals surface area contributed by atoms with Gasteiger partial charge in [0.25, 0.3) is 0 Å². The summed E-state index contributed by atoms with van der Waals surface area (Å²) in [5.74, 6) is -0.649. The zero-order valence-electron chi connectivity index (χ0n) is 6.77. The molecule has 1 heterocycles. The third-order valence-electron chi connectivity index (χ3n) is 1.44. The maximum atomic E-state index is 10.9. The van der Waals surface area contributed by atoms with E-state index in [0.29, 0.717) is 4.88 Å². The number of thiophene rings is 1. The highest BCUT2D eigenvalue weighted by Crippen LogP contribution is 2.24. The highest BCUT2D eigenvalue weighted by molar-refractivity contribution is 7.91. The topological polar surface area (TPSA) is 103 Å². The van der Waals surface area contributed by atoms with E-state index in [-0.39, 0.29) is 9.77 Å². The number of nitrogens with two attached hydrogens (primary N) is 2. The highest BCUT2D eigenvalue weighted by atomic mass is 32.2. The summed E-state index contributed by atoms with van der Waals surface area (Å²) in [7, 11) is -3.73. The highest BCUT2D eigenvalue weighted by Gasteiger charge is 2.16. The Balaban J connectivity index is 3.33. The minimum atomic E-state index is -3.73. The molecule has 7 heteroatoms. The van der Waals surface area contributed by atoms with E-state index >= 15 is 0 Å². The number of hydrogen-bond donors (Lipinski definition) is 2. The Morgan fingerprint density at radius 2 is 2.08 bits per heavy atom. The molecule has 0 unspecified atom stereocenters. The van der Waals surface area contributed by atoms with Gasteiger partial charge >= 0.3 is 0 Å². The lowest BCUT2D eigenvalue weighted by Crippen LogP contribution is -2.12. The Bertz CT molecular complexity index is 446. The van der Waals surface area contributed by atoms with Gasteiger partial charge in [-0.1, -0.05) is 0 Å². The number of amides is 1. The average molecular weight is 220 g/mol. The molecule has 0 spiro atoms. The number of aryl methyl sites for hydroxylation is 1. The Labute approximate surface area is 79.4 Å². The van der Waals surface area contributed by atoms with E-state index in [1.807, 2.05) is 0 Å². The van der Waals surface area contributed by atoms with E-state index in [0.717, 1.165) is 11.3 Å². The van der Waals surface area contributed by atoms with Crippen molar-refractivity contribution >= 4 is 27.3 Å². The second-order valence-corrected chi connectivity index (χ2v) is 5.49. The molecule has 1 amide bonds. The summed E-state index contributed by atoms with van der Waals surface area (Å²) in [6.45, 7) is 1.61. The molecule has 4 N–H and O–H groups in total. The van der Waals surface area contributed by atoms with E-state index in [2.05, 4.69) is 0 Å². The average Bonchev–Trinajstić information content (AvgIpc) is 2.29. The van der Waals surface area contributed by atoms with Gasteiger partial charge in [0.15, 0.2) is 0 Å². The van der Waals surface area contributed by atoms with Crippen molar-refractivity contribution < 1.29 is 13.2 Å². The van der Waals surface area contributed by atoms with Crippen LogP contribution in [0.4, 0.5) is 0 Å². The van der Waals surface area contributed by atoms with Crippen LogP contribution in [0.1, 0.15) is 15.2 Å². The number of carbonyl (C=O) groups is 1. The number of carbonyl (C=O) groups excluding carboxylic acids is 1. The van der Waals surface area contributed by atoms with Crippen LogP contribution in [0, 0.1) is 6.92 Å². The molecule has 0 aliphatic heterocycles. The number of rotatable bonds is 2. The Morgan fingerprint density at radius 1 is 1.54 bits per heavy atom. The normalized spacial score (nSPS) is 11.5. The fourth-order valence-corrected chi connectivity index (χ4v) is 2.71. The SMILES string of the molecule is Cc1sc(S(N)(=O)=O)cc1C(N)=O. The molecule has 0 aliphatic carbocycles. The maximum absolute atomic E-state index is 10.9. The molecule has 0 saturated carbocycles. The summed E-state index contributed by atoms with van der Waals surface area (Å²) in [6.07, 6.45) is 0. The fourth-order valence-electron chi connectivity index (χ4n) is 0.840. The van der Waals surface area contributed by atoms with Gasteiger partial charge in [-0.25, -0.2) is 13.6 Å². The summed E-state index contributed by atoms with van der Waals surface area (Å²) in [4.78, 5) is 11.3. The van der Waals surface area contributed by atoms with Crippen molar-refractivity contribution in [2.24, 2.45) is 10.9 Å². The quantitative estimate of drug-likeness (QED) is 0.721.